The van der Waals surface area contributed by atoms with Gasteiger partial charge in [0.2, 0.25) is 17.6 Å². The molecule has 0 bridgehead atoms. The van der Waals surface area contributed by atoms with Crippen molar-refractivity contribution in [2.75, 3.05) is 6.54 Å². The van der Waals surface area contributed by atoms with Crippen LogP contribution in [-0.4, -0.2) is 37.7 Å². The van der Waals surface area contributed by atoms with Crippen LogP contribution in [0.15, 0.2) is 22.9 Å². The van der Waals surface area contributed by atoms with Crippen LogP contribution in [-0.2, 0) is 4.79 Å². The second kappa shape index (κ2) is 4.75. The number of aromatic nitrogens is 4. The molecule has 1 fully saturated rings. The van der Waals surface area contributed by atoms with E-state index in [1.807, 2.05) is 6.92 Å². The third kappa shape index (κ3) is 2.18. The molecular weight excluding hydrogens is 246 g/mol. The lowest BCUT2D eigenvalue weighted by molar-refractivity contribution is -0.129. The molecular formula is C12H13N5O2. The lowest BCUT2D eigenvalue weighted by atomic mass is 10.3. The Morgan fingerprint density at radius 2 is 2.37 bits per heavy atom. The van der Waals surface area contributed by atoms with Crippen molar-refractivity contribution in [2.24, 2.45) is 0 Å². The number of likely N-dealkylation sites (tertiary alicyclic amines) is 1. The zero-order valence-electron chi connectivity index (χ0n) is 10.5. The molecule has 1 aliphatic heterocycles. The Morgan fingerprint density at radius 3 is 3.05 bits per heavy atom. The molecule has 1 saturated heterocycles. The molecule has 0 radical (unpaired) electrons. The summed E-state index contributed by atoms with van der Waals surface area (Å²) in [5.41, 5.74) is 0.553. The van der Waals surface area contributed by atoms with Gasteiger partial charge in [-0.15, -0.1) is 5.10 Å². The van der Waals surface area contributed by atoms with Gasteiger partial charge in [0.05, 0.1) is 0 Å². The van der Waals surface area contributed by atoms with Gasteiger partial charge in [-0.2, -0.15) is 10.1 Å². The second-order valence-corrected chi connectivity index (χ2v) is 4.43. The zero-order chi connectivity index (χ0) is 13.2. The van der Waals surface area contributed by atoms with Gasteiger partial charge in [0, 0.05) is 19.2 Å². The molecule has 0 saturated carbocycles. The molecule has 2 aromatic heterocycles. The molecule has 98 valence electrons. The van der Waals surface area contributed by atoms with E-state index in [1.165, 1.54) is 0 Å². The van der Waals surface area contributed by atoms with E-state index >= 15 is 0 Å². The predicted molar refractivity (Wildman–Crippen MR) is 64.7 cm³/mol. The first kappa shape index (κ1) is 11.8. The molecule has 0 N–H and O–H groups in total. The Morgan fingerprint density at radius 1 is 1.47 bits per heavy atom. The fourth-order valence-electron chi connectivity index (χ4n) is 2.14. The van der Waals surface area contributed by atoms with Crippen LogP contribution in [0.1, 0.15) is 31.7 Å². The summed E-state index contributed by atoms with van der Waals surface area (Å²) in [6, 6.07) is 3.31. The van der Waals surface area contributed by atoms with Gasteiger partial charge in [-0.1, -0.05) is 5.16 Å². The molecule has 1 unspecified atom stereocenters. The Labute approximate surface area is 109 Å². The largest absolute Gasteiger partial charge is 0.337 e. The highest BCUT2D eigenvalue weighted by atomic mass is 16.5. The maximum absolute atomic E-state index is 11.7. The molecule has 3 heterocycles. The first-order valence-electron chi connectivity index (χ1n) is 6.17. The Kier molecular flexibility index (Phi) is 2.94. The van der Waals surface area contributed by atoms with Crippen molar-refractivity contribution in [1.29, 1.82) is 0 Å². The van der Waals surface area contributed by atoms with E-state index in [9.17, 15) is 4.79 Å². The van der Waals surface area contributed by atoms with Gasteiger partial charge in [-0.3, -0.25) is 4.79 Å². The van der Waals surface area contributed by atoms with Crippen LogP contribution >= 0.6 is 0 Å². The maximum Gasteiger partial charge on any atom is 0.249 e. The normalized spacial score (nSPS) is 16.9. The fourth-order valence-corrected chi connectivity index (χ4v) is 2.14. The molecule has 0 aromatic carbocycles. The monoisotopic (exact) mass is 259 g/mol. The molecule has 1 amide bonds. The summed E-state index contributed by atoms with van der Waals surface area (Å²) in [6.07, 6.45) is 3.06. The second-order valence-electron chi connectivity index (χ2n) is 4.43. The fraction of sp³-hybridized carbons (Fsp3) is 0.417. The van der Waals surface area contributed by atoms with Crippen molar-refractivity contribution in [3.8, 4) is 11.5 Å². The van der Waals surface area contributed by atoms with E-state index in [-0.39, 0.29) is 11.9 Å². The van der Waals surface area contributed by atoms with Crippen molar-refractivity contribution in [3.05, 3.63) is 24.2 Å². The van der Waals surface area contributed by atoms with Crippen LogP contribution < -0.4 is 0 Å². The van der Waals surface area contributed by atoms with Crippen LogP contribution in [0, 0.1) is 0 Å². The van der Waals surface area contributed by atoms with Gasteiger partial charge in [0.25, 0.3) is 0 Å². The van der Waals surface area contributed by atoms with E-state index in [0.29, 0.717) is 23.8 Å². The lowest BCUT2D eigenvalue weighted by Crippen LogP contribution is -2.28. The van der Waals surface area contributed by atoms with Crippen molar-refractivity contribution in [1.82, 2.24) is 25.2 Å². The topological polar surface area (TPSA) is 85.0 Å². The van der Waals surface area contributed by atoms with Gasteiger partial charge < -0.3 is 9.42 Å². The first-order chi connectivity index (χ1) is 9.25. The van der Waals surface area contributed by atoms with Crippen LogP contribution in [0.25, 0.3) is 11.5 Å². The summed E-state index contributed by atoms with van der Waals surface area (Å²) in [5, 5.41) is 11.6. The average Bonchev–Trinajstić information content (AvgIpc) is 3.08. The van der Waals surface area contributed by atoms with Crippen molar-refractivity contribution < 1.29 is 9.32 Å². The van der Waals surface area contributed by atoms with Gasteiger partial charge in [0.15, 0.2) is 0 Å². The third-order valence-corrected chi connectivity index (χ3v) is 3.18. The molecule has 7 heteroatoms. The third-order valence-electron chi connectivity index (χ3n) is 3.18. The molecule has 2 aromatic rings. The number of carbonyl (C=O) groups is 1. The summed E-state index contributed by atoms with van der Waals surface area (Å²) >= 11 is 0. The quantitative estimate of drug-likeness (QED) is 0.823. The smallest absolute Gasteiger partial charge is 0.249 e. The number of nitrogens with zero attached hydrogens (tertiary/aromatic N) is 5. The van der Waals surface area contributed by atoms with E-state index in [0.717, 1.165) is 13.0 Å². The van der Waals surface area contributed by atoms with Crippen molar-refractivity contribution >= 4 is 5.91 Å². The van der Waals surface area contributed by atoms with Crippen LogP contribution in [0.3, 0.4) is 0 Å². The summed E-state index contributed by atoms with van der Waals surface area (Å²) in [5.74, 6) is 0.948. The average molecular weight is 259 g/mol. The number of hydrogen-bond acceptors (Lipinski definition) is 6. The minimum Gasteiger partial charge on any atom is -0.337 e. The first-order valence-corrected chi connectivity index (χ1v) is 6.17. The highest BCUT2D eigenvalue weighted by Gasteiger charge is 2.29. The highest BCUT2D eigenvalue weighted by molar-refractivity contribution is 5.78. The van der Waals surface area contributed by atoms with Gasteiger partial charge >= 0.3 is 0 Å². The van der Waals surface area contributed by atoms with Crippen LogP contribution in [0.2, 0.25) is 0 Å². The molecule has 0 spiro atoms. The molecule has 7 nitrogen and oxygen atoms in total. The Balaban J connectivity index is 1.83. The summed E-state index contributed by atoms with van der Waals surface area (Å²) in [7, 11) is 0. The summed E-state index contributed by atoms with van der Waals surface area (Å²) in [4.78, 5) is 17.7. The van der Waals surface area contributed by atoms with E-state index < -0.39 is 0 Å². The zero-order valence-corrected chi connectivity index (χ0v) is 10.5. The number of rotatable bonds is 3. The van der Waals surface area contributed by atoms with Gasteiger partial charge in [-0.05, 0) is 25.5 Å². The Bertz CT molecular complexity index is 583. The molecule has 1 aliphatic rings. The standard InChI is InChI=1S/C12H13N5O2/c1-8(17-7-3-5-10(17)18)12-14-11(16-19-12)9-4-2-6-13-15-9/h2,4,6,8H,3,5,7H2,1H3. The molecule has 0 aliphatic carbocycles. The number of amides is 1. The molecule has 19 heavy (non-hydrogen) atoms. The van der Waals surface area contributed by atoms with Crippen molar-refractivity contribution in [2.45, 2.75) is 25.8 Å². The van der Waals surface area contributed by atoms with Crippen molar-refractivity contribution in [3.63, 3.8) is 0 Å². The van der Waals surface area contributed by atoms with Gasteiger partial charge in [-0.25, -0.2) is 0 Å². The predicted octanol–water partition coefficient (Wildman–Crippen LogP) is 1.21. The number of carbonyl (C=O) groups excluding carboxylic acids is 1. The highest BCUT2D eigenvalue weighted by Crippen LogP contribution is 2.25. The van der Waals surface area contributed by atoms with E-state index in [2.05, 4.69) is 20.3 Å². The molecule has 3 rings (SSSR count). The van der Waals surface area contributed by atoms with Crippen LogP contribution in [0.5, 0.6) is 0 Å². The summed E-state index contributed by atoms with van der Waals surface area (Å²) < 4.78 is 5.22. The van der Waals surface area contributed by atoms with E-state index in [1.54, 1.807) is 23.2 Å². The maximum atomic E-state index is 11.7. The molecule has 1 atom stereocenters. The summed E-state index contributed by atoms with van der Waals surface area (Å²) in [6.45, 7) is 2.63. The minimum absolute atomic E-state index is 0.131. The van der Waals surface area contributed by atoms with E-state index in [4.69, 9.17) is 4.52 Å². The SMILES string of the molecule is CC(c1nc(-c2cccnn2)no1)N1CCCC1=O. The van der Waals surface area contributed by atoms with Crippen LogP contribution in [0.4, 0.5) is 0 Å². The Hall–Kier alpha value is -2.31. The minimum atomic E-state index is -0.201. The number of hydrogen-bond donors (Lipinski definition) is 0. The van der Waals surface area contributed by atoms with Gasteiger partial charge in [0.1, 0.15) is 11.7 Å². The lowest BCUT2D eigenvalue weighted by Gasteiger charge is -2.20.